The second-order valence-electron chi connectivity index (χ2n) is 5.50. The van der Waals surface area contributed by atoms with Crippen molar-refractivity contribution in [3.05, 3.63) is 45.4 Å². The van der Waals surface area contributed by atoms with E-state index in [-0.39, 0.29) is 0 Å². The highest BCUT2D eigenvalue weighted by Crippen LogP contribution is 2.20. The van der Waals surface area contributed by atoms with Crippen molar-refractivity contribution in [1.82, 2.24) is 10.3 Å². The molecule has 1 N–H and O–H groups in total. The fourth-order valence-electron chi connectivity index (χ4n) is 2.33. The van der Waals surface area contributed by atoms with E-state index in [1.165, 1.54) is 23.2 Å². The van der Waals surface area contributed by atoms with Gasteiger partial charge in [-0.1, -0.05) is 13.0 Å². The zero-order valence-electron chi connectivity index (χ0n) is 13.4. The van der Waals surface area contributed by atoms with Gasteiger partial charge in [0.15, 0.2) is 0 Å². The molecule has 0 saturated carbocycles. The van der Waals surface area contributed by atoms with Crippen LogP contribution in [0.2, 0.25) is 0 Å². The lowest BCUT2D eigenvalue weighted by Crippen LogP contribution is -2.18. The molecule has 0 aliphatic heterocycles. The van der Waals surface area contributed by atoms with Crippen molar-refractivity contribution in [2.24, 2.45) is 0 Å². The topological polar surface area (TPSA) is 28.2 Å². The third-order valence-electron chi connectivity index (χ3n) is 3.57. The minimum absolute atomic E-state index is 0.858. The summed E-state index contributed by atoms with van der Waals surface area (Å²) in [5, 5.41) is 6.73. The van der Waals surface area contributed by atoms with Gasteiger partial charge in [0.05, 0.1) is 17.2 Å². The Labute approximate surface area is 132 Å². The van der Waals surface area contributed by atoms with Crippen LogP contribution >= 0.6 is 11.3 Å². The van der Waals surface area contributed by atoms with E-state index in [2.05, 4.69) is 66.6 Å². The van der Waals surface area contributed by atoms with Crippen LogP contribution in [0.25, 0.3) is 0 Å². The second-order valence-corrected chi connectivity index (χ2v) is 6.56. The first-order chi connectivity index (χ1) is 10.1. The predicted molar refractivity (Wildman–Crippen MR) is 92.1 cm³/mol. The van der Waals surface area contributed by atoms with Gasteiger partial charge in [0.2, 0.25) is 0 Å². The van der Waals surface area contributed by atoms with E-state index in [1.807, 2.05) is 0 Å². The van der Waals surface area contributed by atoms with Gasteiger partial charge in [0, 0.05) is 24.7 Å². The molecule has 1 aromatic heterocycles. The van der Waals surface area contributed by atoms with Gasteiger partial charge >= 0.3 is 0 Å². The summed E-state index contributed by atoms with van der Waals surface area (Å²) in [6.07, 6.45) is 1.17. The van der Waals surface area contributed by atoms with Crippen LogP contribution in [0, 0.1) is 13.8 Å². The molecule has 0 unspecified atom stereocenters. The quantitative estimate of drug-likeness (QED) is 0.786. The first kappa shape index (κ1) is 16.0. The van der Waals surface area contributed by atoms with Gasteiger partial charge in [0.1, 0.15) is 0 Å². The minimum atomic E-state index is 0.858. The molecule has 0 saturated heterocycles. The van der Waals surface area contributed by atoms with Crippen LogP contribution in [-0.2, 0) is 13.1 Å². The predicted octanol–water partition coefficient (Wildman–Crippen LogP) is 3.90. The molecule has 21 heavy (non-hydrogen) atoms. The third kappa shape index (κ3) is 4.55. The summed E-state index contributed by atoms with van der Waals surface area (Å²) in [6.45, 7) is 9.32. The van der Waals surface area contributed by atoms with Crippen molar-refractivity contribution < 1.29 is 0 Å². The van der Waals surface area contributed by atoms with Crippen molar-refractivity contribution in [2.45, 2.75) is 40.3 Å². The number of nitrogens with one attached hydrogen (secondary N) is 1. The summed E-state index contributed by atoms with van der Waals surface area (Å²) in [7, 11) is 2.12. The average Bonchev–Trinajstić information content (AvgIpc) is 2.86. The van der Waals surface area contributed by atoms with E-state index in [4.69, 9.17) is 0 Å². The number of thiazole rings is 1. The highest BCUT2D eigenvalue weighted by molar-refractivity contribution is 7.09. The maximum absolute atomic E-state index is 4.53. The Morgan fingerprint density at radius 2 is 2.10 bits per heavy atom. The van der Waals surface area contributed by atoms with Crippen molar-refractivity contribution in [3.63, 3.8) is 0 Å². The zero-order valence-corrected chi connectivity index (χ0v) is 14.3. The lowest BCUT2D eigenvalue weighted by Gasteiger charge is -2.20. The zero-order chi connectivity index (χ0) is 15.2. The fourth-order valence-corrected chi connectivity index (χ4v) is 2.93. The Kier molecular flexibility index (Phi) is 5.76. The van der Waals surface area contributed by atoms with Gasteiger partial charge < -0.3 is 10.2 Å². The van der Waals surface area contributed by atoms with Gasteiger partial charge in [-0.3, -0.25) is 0 Å². The number of anilines is 1. The maximum atomic E-state index is 4.53. The average molecular weight is 303 g/mol. The third-order valence-corrected chi connectivity index (χ3v) is 4.40. The maximum Gasteiger partial charge on any atom is 0.0898 e. The summed E-state index contributed by atoms with van der Waals surface area (Å²) in [5.74, 6) is 0. The summed E-state index contributed by atoms with van der Waals surface area (Å²) in [4.78, 5) is 6.79. The van der Waals surface area contributed by atoms with Gasteiger partial charge in [-0.05, 0) is 50.1 Å². The van der Waals surface area contributed by atoms with E-state index in [0.29, 0.717) is 0 Å². The number of aryl methyl sites for hydroxylation is 2. The molecule has 0 spiro atoms. The highest BCUT2D eigenvalue weighted by Gasteiger charge is 2.07. The smallest absolute Gasteiger partial charge is 0.0898 e. The van der Waals surface area contributed by atoms with Crippen LogP contribution < -0.4 is 10.2 Å². The van der Waals surface area contributed by atoms with Crippen molar-refractivity contribution >= 4 is 17.0 Å². The van der Waals surface area contributed by atoms with Gasteiger partial charge in [-0.2, -0.15) is 0 Å². The van der Waals surface area contributed by atoms with Crippen molar-refractivity contribution in [3.8, 4) is 0 Å². The molecule has 1 aromatic carbocycles. The van der Waals surface area contributed by atoms with E-state index in [0.717, 1.165) is 30.3 Å². The number of benzene rings is 1. The highest BCUT2D eigenvalue weighted by atomic mass is 32.1. The summed E-state index contributed by atoms with van der Waals surface area (Å²) >= 11 is 1.71. The Hall–Kier alpha value is -1.39. The molecule has 0 aliphatic rings. The summed E-state index contributed by atoms with van der Waals surface area (Å²) < 4.78 is 0. The summed E-state index contributed by atoms with van der Waals surface area (Å²) in [5.41, 5.74) is 5.12. The molecular weight excluding hydrogens is 278 g/mol. The Bertz CT molecular complexity index is 577. The molecule has 2 aromatic rings. The molecule has 0 amide bonds. The molecule has 2 rings (SSSR count). The molecule has 0 bridgehead atoms. The van der Waals surface area contributed by atoms with Crippen LogP contribution in [0.5, 0.6) is 0 Å². The molecule has 1 heterocycles. The van der Waals surface area contributed by atoms with E-state index >= 15 is 0 Å². The largest absolute Gasteiger partial charge is 0.369 e. The molecule has 0 radical (unpaired) electrons. The van der Waals surface area contributed by atoms with Crippen molar-refractivity contribution in [1.29, 1.82) is 0 Å². The molecule has 3 nitrogen and oxygen atoms in total. The lowest BCUT2D eigenvalue weighted by molar-refractivity contribution is 0.673. The monoisotopic (exact) mass is 303 g/mol. The van der Waals surface area contributed by atoms with Crippen LogP contribution in [0.3, 0.4) is 0 Å². The number of hydrogen-bond donors (Lipinski definition) is 1. The normalized spacial score (nSPS) is 10.9. The van der Waals surface area contributed by atoms with Crippen LogP contribution in [-0.4, -0.2) is 18.6 Å². The number of aromatic nitrogens is 1. The molecule has 0 atom stereocenters. The Balaban J connectivity index is 2.01. The number of rotatable bonds is 7. The van der Waals surface area contributed by atoms with Crippen LogP contribution in [0.4, 0.5) is 5.69 Å². The fraction of sp³-hybridized carbons (Fsp3) is 0.471. The van der Waals surface area contributed by atoms with Crippen molar-refractivity contribution in [2.75, 3.05) is 18.5 Å². The first-order valence-corrected chi connectivity index (χ1v) is 8.40. The molecule has 4 heteroatoms. The van der Waals surface area contributed by atoms with Gasteiger partial charge in [-0.15, -0.1) is 11.3 Å². The molecule has 0 fully saturated rings. The number of nitrogens with zero attached hydrogens (tertiary/aromatic N) is 2. The molecular formula is C17H25N3S. The van der Waals surface area contributed by atoms with E-state index in [1.54, 1.807) is 11.3 Å². The number of hydrogen-bond acceptors (Lipinski definition) is 4. The SMILES string of the molecule is CCCNCc1ccc(N(C)Cc2csc(C)n2)cc1C. The van der Waals surface area contributed by atoms with Gasteiger partial charge in [0.25, 0.3) is 0 Å². The minimum Gasteiger partial charge on any atom is -0.369 e. The molecule has 0 aliphatic carbocycles. The van der Waals surface area contributed by atoms with Crippen LogP contribution in [0.15, 0.2) is 23.6 Å². The van der Waals surface area contributed by atoms with Crippen LogP contribution in [0.1, 0.15) is 35.2 Å². The Morgan fingerprint density at radius 3 is 2.71 bits per heavy atom. The standard InChI is InChI=1S/C17H25N3S/c1-5-8-18-10-15-6-7-17(9-13(15)2)20(4)11-16-12-21-14(3)19-16/h6-7,9,12,18H,5,8,10-11H2,1-4H3. The Morgan fingerprint density at radius 1 is 1.29 bits per heavy atom. The summed E-state index contributed by atoms with van der Waals surface area (Å²) in [6, 6.07) is 6.70. The van der Waals surface area contributed by atoms with Gasteiger partial charge in [-0.25, -0.2) is 4.98 Å². The van der Waals surface area contributed by atoms with E-state index < -0.39 is 0 Å². The van der Waals surface area contributed by atoms with E-state index in [9.17, 15) is 0 Å². The first-order valence-electron chi connectivity index (χ1n) is 7.52. The lowest BCUT2D eigenvalue weighted by atomic mass is 10.1. The molecule has 114 valence electrons. The second kappa shape index (κ2) is 7.57.